The van der Waals surface area contributed by atoms with Crippen molar-refractivity contribution in [3.63, 3.8) is 0 Å². The standard InChI is InChI=1S/C17H17N3O4/c1-11-4-3-5-13(8-11)19-16(22)17(23)20-18-10-12-9-14(24-2)6-7-15(12)21/h3-10,21H,1-2H3,(H,19,22)(H,20,23). The number of phenolic OH excluding ortho intramolecular Hbond substituents is 1. The van der Waals surface area contributed by atoms with Crippen molar-refractivity contribution < 1.29 is 19.4 Å². The lowest BCUT2D eigenvalue weighted by atomic mass is 10.2. The number of nitrogens with one attached hydrogen (secondary N) is 2. The average molecular weight is 327 g/mol. The molecule has 0 radical (unpaired) electrons. The topological polar surface area (TPSA) is 100 Å². The number of hydrogen-bond acceptors (Lipinski definition) is 5. The molecular formula is C17H17N3O4. The molecule has 0 saturated heterocycles. The Hall–Kier alpha value is -3.35. The Labute approximate surface area is 139 Å². The first kappa shape index (κ1) is 17.0. The number of carbonyl (C=O) groups is 2. The van der Waals surface area contributed by atoms with Gasteiger partial charge in [0.25, 0.3) is 0 Å². The second kappa shape index (κ2) is 7.77. The van der Waals surface area contributed by atoms with Gasteiger partial charge < -0.3 is 15.2 Å². The van der Waals surface area contributed by atoms with E-state index >= 15 is 0 Å². The zero-order valence-electron chi connectivity index (χ0n) is 13.2. The highest BCUT2D eigenvalue weighted by Gasteiger charge is 2.12. The summed E-state index contributed by atoms with van der Waals surface area (Å²) in [6.07, 6.45) is 1.22. The number of rotatable bonds is 4. The fourth-order valence-corrected chi connectivity index (χ4v) is 1.88. The van der Waals surface area contributed by atoms with Gasteiger partial charge in [-0.2, -0.15) is 5.10 Å². The van der Waals surface area contributed by atoms with E-state index in [1.807, 2.05) is 13.0 Å². The predicted octanol–water partition coefficient (Wildman–Crippen LogP) is 1.80. The van der Waals surface area contributed by atoms with Crippen LogP contribution in [0, 0.1) is 6.92 Å². The fourth-order valence-electron chi connectivity index (χ4n) is 1.88. The molecule has 0 bridgehead atoms. The van der Waals surface area contributed by atoms with Gasteiger partial charge in [-0.25, -0.2) is 5.43 Å². The van der Waals surface area contributed by atoms with Gasteiger partial charge in [0.05, 0.1) is 13.3 Å². The molecule has 0 atom stereocenters. The van der Waals surface area contributed by atoms with Crippen LogP contribution in [-0.4, -0.2) is 30.2 Å². The van der Waals surface area contributed by atoms with Crippen LogP contribution in [0.5, 0.6) is 11.5 Å². The van der Waals surface area contributed by atoms with E-state index in [0.717, 1.165) is 5.56 Å². The maximum atomic E-state index is 11.8. The second-order valence-corrected chi connectivity index (χ2v) is 4.95. The van der Waals surface area contributed by atoms with E-state index in [4.69, 9.17) is 4.74 Å². The molecule has 0 saturated carbocycles. The zero-order chi connectivity index (χ0) is 17.5. The maximum Gasteiger partial charge on any atom is 0.329 e. The van der Waals surface area contributed by atoms with Gasteiger partial charge in [0.2, 0.25) is 0 Å². The first-order chi connectivity index (χ1) is 11.5. The molecule has 0 spiro atoms. The molecule has 7 nitrogen and oxygen atoms in total. The van der Waals surface area contributed by atoms with Crippen LogP contribution in [0.25, 0.3) is 0 Å². The monoisotopic (exact) mass is 327 g/mol. The van der Waals surface area contributed by atoms with Gasteiger partial charge in [0.1, 0.15) is 11.5 Å². The first-order valence-corrected chi connectivity index (χ1v) is 7.07. The Kier molecular flexibility index (Phi) is 5.51. The maximum absolute atomic E-state index is 11.8. The van der Waals surface area contributed by atoms with Crippen molar-refractivity contribution in [1.29, 1.82) is 0 Å². The van der Waals surface area contributed by atoms with Crippen molar-refractivity contribution in [3.8, 4) is 11.5 Å². The summed E-state index contributed by atoms with van der Waals surface area (Å²) in [6, 6.07) is 11.6. The number of phenols is 1. The number of methoxy groups -OCH3 is 1. The lowest BCUT2D eigenvalue weighted by Gasteiger charge is -2.05. The van der Waals surface area contributed by atoms with Crippen LogP contribution >= 0.6 is 0 Å². The number of carbonyl (C=O) groups excluding carboxylic acids is 2. The quantitative estimate of drug-likeness (QED) is 0.453. The summed E-state index contributed by atoms with van der Waals surface area (Å²) in [7, 11) is 1.49. The number of amides is 2. The molecule has 2 rings (SSSR count). The number of hydrazone groups is 1. The van der Waals surface area contributed by atoms with E-state index in [1.54, 1.807) is 24.3 Å². The van der Waals surface area contributed by atoms with Crippen LogP contribution in [-0.2, 0) is 9.59 Å². The molecule has 0 aliphatic heterocycles. The Balaban J connectivity index is 1.96. The normalized spacial score (nSPS) is 10.4. The SMILES string of the molecule is COc1ccc(O)c(C=NNC(=O)C(=O)Nc2cccc(C)c2)c1. The Morgan fingerprint density at radius 1 is 1.17 bits per heavy atom. The number of aryl methyl sites for hydroxylation is 1. The van der Waals surface area contributed by atoms with Gasteiger partial charge in [-0.3, -0.25) is 9.59 Å². The summed E-state index contributed by atoms with van der Waals surface area (Å²) in [5.41, 5.74) is 3.91. The summed E-state index contributed by atoms with van der Waals surface area (Å²) < 4.78 is 5.03. The van der Waals surface area contributed by atoms with Gasteiger partial charge in [-0.1, -0.05) is 12.1 Å². The van der Waals surface area contributed by atoms with Crippen LogP contribution in [0.15, 0.2) is 47.6 Å². The third-order valence-corrected chi connectivity index (χ3v) is 3.09. The number of anilines is 1. The van der Waals surface area contributed by atoms with Crippen LogP contribution in [0.3, 0.4) is 0 Å². The molecular weight excluding hydrogens is 310 g/mol. The fraction of sp³-hybridized carbons (Fsp3) is 0.118. The molecule has 2 amide bonds. The van der Waals surface area contributed by atoms with Crippen molar-refractivity contribution in [1.82, 2.24) is 5.43 Å². The van der Waals surface area contributed by atoms with E-state index in [-0.39, 0.29) is 5.75 Å². The second-order valence-electron chi connectivity index (χ2n) is 4.95. The highest BCUT2D eigenvalue weighted by Crippen LogP contribution is 2.20. The molecule has 0 aliphatic rings. The van der Waals surface area contributed by atoms with E-state index < -0.39 is 11.8 Å². The molecule has 0 aliphatic carbocycles. The summed E-state index contributed by atoms with van der Waals surface area (Å²) in [6.45, 7) is 1.88. The third-order valence-electron chi connectivity index (χ3n) is 3.09. The minimum absolute atomic E-state index is 0.0296. The highest BCUT2D eigenvalue weighted by atomic mass is 16.5. The smallest absolute Gasteiger partial charge is 0.329 e. The van der Waals surface area contributed by atoms with Crippen molar-refractivity contribution in [2.75, 3.05) is 12.4 Å². The van der Waals surface area contributed by atoms with Crippen LogP contribution < -0.4 is 15.5 Å². The number of nitrogens with zero attached hydrogens (tertiary/aromatic N) is 1. The Morgan fingerprint density at radius 2 is 1.96 bits per heavy atom. The lowest BCUT2D eigenvalue weighted by Crippen LogP contribution is -2.32. The zero-order valence-corrected chi connectivity index (χ0v) is 13.2. The first-order valence-electron chi connectivity index (χ1n) is 7.07. The Bertz CT molecular complexity index is 787. The van der Waals surface area contributed by atoms with Crippen molar-refractivity contribution in [2.45, 2.75) is 6.92 Å². The van der Waals surface area contributed by atoms with Crippen molar-refractivity contribution in [2.24, 2.45) is 5.10 Å². The third kappa shape index (κ3) is 4.57. The number of benzene rings is 2. The molecule has 2 aromatic carbocycles. The van der Waals surface area contributed by atoms with Crippen LogP contribution in [0.1, 0.15) is 11.1 Å². The molecule has 3 N–H and O–H groups in total. The highest BCUT2D eigenvalue weighted by molar-refractivity contribution is 6.39. The average Bonchev–Trinajstić information content (AvgIpc) is 2.56. The van der Waals surface area contributed by atoms with Gasteiger partial charge in [-0.05, 0) is 42.8 Å². The molecule has 2 aromatic rings. The predicted molar refractivity (Wildman–Crippen MR) is 90.2 cm³/mol. The molecule has 7 heteroatoms. The number of hydrogen-bond donors (Lipinski definition) is 3. The van der Waals surface area contributed by atoms with Gasteiger partial charge >= 0.3 is 11.8 Å². The molecule has 0 heterocycles. The summed E-state index contributed by atoms with van der Waals surface area (Å²) >= 11 is 0. The lowest BCUT2D eigenvalue weighted by molar-refractivity contribution is -0.136. The molecule has 0 aromatic heterocycles. The van der Waals surface area contributed by atoms with E-state index in [2.05, 4.69) is 15.8 Å². The largest absolute Gasteiger partial charge is 0.507 e. The van der Waals surface area contributed by atoms with Crippen molar-refractivity contribution >= 4 is 23.7 Å². The van der Waals surface area contributed by atoms with E-state index in [9.17, 15) is 14.7 Å². The summed E-state index contributed by atoms with van der Waals surface area (Å²) in [5.74, 6) is -1.27. The summed E-state index contributed by atoms with van der Waals surface area (Å²) in [5, 5.41) is 15.8. The van der Waals surface area contributed by atoms with Gasteiger partial charge in [-0.15, -0.1) is 0 Å². The number of aromatic hydroxyl groups is 1. The van der Waals surface area contributed by atoms with E-state index in [1.165, 1.54) is 25.5 Å². The van der Waals surface area contributed by atoms with E-state index in [0.29, 0.717) is 17.0 Å². The molecule has 24 heavy (non-hydrogen) atoms. The molecule has 124 valence electrons. The number of ether oxygens (including phenoxy) is 1. The van der Waals surface area contributed by atoms with Gasteiger partial charge in [0.15, 0.2) is 0 Å². The van der Waals surface area contributed by atoms with Crippen molar-refractivity contribution in [3.05, 3.63) is 53.6 Å². The van der Waals surface area contributed by atoms with Crippen LogP contribution in [0.4, 0.5) is 5.69 Å². The molecule has 0 unspecified atom stereocenters. The minimum atomic E-state index is -0.921. The van der Waals surface area contributed by atoms with Gasteiger partial charge in [0, 0.05) is 11.3 Å². The van der Waals surface area contributed by atoms with Crippen LogP contribution in [0.2, 0.25) is 0 Å². The summed E-state index contributed by atoms with van der Waals surface area (Å²) in [4.78, 5) is 23.5. The molecule has 0 fully saturated rings. The Morgan fingerprint density at radius 3 is 2.67 bits per heavy atom. The minimum Gasteiger partial charge on any atom is -0.507 e.